The Balaban J connectivity index is 2.64. The van der Waals surface area contributed by atoms with Gasteiger partial charge in [-0.25, -0.2) is 9.07 Å². The molecule has 0 spiro atoms. The van der Waals surface area contributed by atoms with Crippen molar-refractivity contribution in [2.24, 2.45) is 7.05 Å². The van der Waals surface area contributed by atoms with Crippen molar-refractivity contribution in [2.45, 2.75) is 18.0 Å². The predicted octanol–water partition coefficient (Wildman–Crippen LogP) is 4.26. The number of alkyl halides is 7. The predicted molar refractivity (Wildman–Crippen MR) is 65.1 cm³/mol. The van der Waals surface area contributed by atoms with E-state index in [0.717, 1.165) is 17.8 Å². The zero-order valence-corrected chi connectivity index (χ0v) is 12.3. The standard InChI is InChI=1S/C11H7BrF7N3/c1-21-7(9(13,10(14,15)16)11(17,18)19)2-3-8(21)22-5-6(12)4-20-22/h2-5H,1H3. The Morgan fingerprint density at radius 2 is 1.55 bits per heavy atom. The van der Waals surface area contributed by atoms with Gasteiger partial charge in [0.1, 0.15) is 5.82 Å². The van der Waals surface area contributed by atoms with Crippen molar-refractivity contribution < 1.29 is 30.7 Å². The van der Waals surface area contributed by atoms with E-state index >= 15 is 0 Å². The Hall–Kier alpha value is -1.52. The molecule has 2 aromatic rings. The maximum absolute atomic E-state index is 14.0. The summed E-state index contributed by atoms with van der Waals surface area (Å²) in [5.74, 6) is -0.156. The van der Waals surface area contributed by atoms with E-state index in [4.69, 9.17) is 0 Å². The molecule has 0 aliphatic rings. The molecule has 0 unspecified atom stereocenters. The van der Waals surface area contributed by atoms with Crippen molar-refractivity contribution in [3.05, 3.63) is 34.7 Å². The molecule has 0 fully saturated rings. The molecule has 0 amide bonds. The van der Waals surface area contributed by atoms with Gasteiger partial charge in [-0.1, -0.05) is 0 Å². The average Bonchev–Trinajstić information content (AvgIpc) is 2.91. The van der Waals surface area contributed by atoms with Gasteiger partial charge in [0.25, 0.3) is 0 Å². The molecule has 0 aliphatic heterocycles. The van der Waals surface area contributed by atoms with Gasteiger partial charge >= 0.3 is 18.0 Å². The van der Waals surface area contributed by atoms with Gasteiger partial charge in [-0.3, -0.25) is 0 Å². The number of aromatic nitrogens is 3. The molecule has 122 valence electrons. The SMILES string of the molecule is Cn1c(-n2cc(Br)cn2)ccc1C(F)(C(F)(F)F)C(F)(F)F. The second kappa shape index (κ2) is 5.00. The molecular weight excluding hydrogens is 387 g/mol. The van der Waals surface area contributed by atoms with Crippen LogP contribution >= 0.6 is 15.9 Å². The van der Waals surface area contributed by atoms with Gasteiger partial charge in [0.05, 0.1) is 16.4 Å². The first-order valence-electron chi connectivity index (χ1n) is 5.58. The summed E-state index contributed by atoms with van der Waals surface area (Å²) in [6.07, 6.45) is -9.72. The lowest BCUT2D eigenvalue weighted by Gasteiger charge is -2.30. The molecule has 3 nitrogen and oxygen atoms in total. The average molecular weight is 394 g/mol. The molecule has 22 heavy (non-hydrogen) atoms. The first kappa shape index (κ1) is 16.8. The van der Waals surface area contributed by atoms with E-state index in [9.17, 15) is 30.7 Å². The van der Waals surface area contributed by atoms with Crippen LogP contribution in [0.2, 0.25) is 0 Å². The quantitative estimate of drug-likeness (QED) is 0.699. The Bertz CT molecular complexity index is 669. The van der Waals surface area contributed by atoms with Crippen molar-refractivity contribution in [3.63, 3.8) is 0 Å². The highest BCUT2D eigenvalue weighted by Gasteiger charge is 2.74. The normalized spacial score (nSPS) is 13.7. The number of halogens is 8. The van der Waals surface area contributed by atoms with Crippen LogP contribution in [0.5, 0.6) is 0 Å². The highest BCUT2D eigenvalue weighted by molar-refractivity contribution is 9.10. The minimum atomic E-state index is -6.15. The largest absolute Gasteiger partial charge is 0.437 e. The van der Waals surface area contributed by atoms with E-state index in [1.54, 1.807) is 0 Å². The first-order valence-corrected chi connectivity index (χ1v) is 6.38. The van der Waals surface area contributed by atoms with Crippen molar-refractivity contribution in [1.82, 2.24) is 14.3 Å². The molecule has 0 saturated heterocycles. The van der Waals surface area contributed by atoms with Gasteiger partial charge in [0.15, 0.2) is 0 Å². The van der Waals surface area contributed by atoms with E-state index in [1.807, 2.05) is 0 Å². The third-order valence-corrected chi connectivity index (χ3v) is 3.42. The van der Waals surface area contributed by atoms with Crippen LogP contribution < -0.4 is 0 Å². The maximum Gasteiger partial charge on any atom is 0.437 e. The summed E-state index contributed by atoms with van der Waals surface area (Å²) in [7, 11) is 0.895. The molecule has 0 N–H and O–H groups in total. The van der Waals surface area contributed by atoms with Gasteiger partial charge in [-0.2, -0.15) is 31.4 Å². The van der Waals surface area contributed by atoms with Crippen molar-refractivity contribution >= 4 is 15.9 Å². The number of nitrogens with zero attached hydrogens (tertiary/aromatic N) is 3. The molecule has 0 atom stereocenters. The lowest BCUT2D eigenvalue weighted by molar-refractivity contribution is -0.350. The summed E-state index contributed by atoms with van der Waals surface area (Å²) in [6, 6.07) is 1.35. The third kappa shape index (κ3) is 2.40. The lowest BCUT2D eigenvalue weighted by atomic mass is 10.0. The minimum absolute atomic E-state index is 0.156. The highest BCUT2D eigenvalue weighted by Crippen LogP contribution is 2.53. The number of rotatable bonds is 2. The topological polar surface area (TPSA) is 22.8 Å². The van der Waals surface area contributed by atoms with E-state index in [0.29, 0.717) is 15.1 Å². The molecule has 0 aromatic carbocycles. The zero-order chi connectivity index (χ0) is 16.9. The summed E-state index contributed by atoms with van der Waals surface area (Å²) in [4.78, 5) is 0. The van der Waals surface area contributed by atoms with Gasteiger partial charge in [0.2, 0.25) is 0 Å². The molecule has 0 aliphatic carbocycles. The second-order valence-electron chi connectivity index (χ2n) is 4.39. The second-order valence-corrected chi connectivity index (χ2v) is 5.31. The summed E-state index contributed by atoms with van der Waals surface area (Å²) < 4.78 is 92.4. The van der Waals surface area contributed by atoms with Gasteiger partial charge in [0, 0.05) is 13.2 Å². The summed E-state index contributed by atoms with van der Waals surface area (Å²) in [5, 5.41) is 3.73. The maximum atomic E-state index is 14.0. The monoisotopic (exact) mass is 393 g/mol. The number of hydrogen-bond acceptors (Lipinski definition) is 1. The van der Waals surface area contributed by atoms with E-state index in [2.05, 4.69) is 21.0 Å². The number of hydrogen-bond donors (Lipinski definition) is 0. The Labute approximate surface area is 127 Å². The Morgan fingerprint density at radius 1 is 1.00 bits per heavy atom. The molecule has 2 rings (SSSR count). The highest BCUT2D eigenvalue weighted by atomic mass is 79.9. The van der Waals surface area contributed by atoms with E-state index < -0.39 is 23.7 Å². The van der Waals surface area contributed by atoms with Crippen LogP contribution in [0.1, 0.15) is 5.69 Å². The zero-order valence-electron chi connectivity index (χ0n) is 10.7. The molecule has 11 heteroatoms. The van der Waals surface area contributed by atoms with Gasteiger partial charge in [-0.15, -0.1) is 0 Å². The van der Waals surface area contributed by atoms with Crippen molar-refractivity contribution in [1.29, 1.82) is 0 Å². The molecule has 2 heterocycles. The van der Waals surface area contributed by atoms with Crippen molar-refractivity contribution in [2.75, 3.05) is 0 Å². The molecule has 0 radical (unpaired) electrons. The van der Waals surface area contributed by atoms with Crippen molar-refractivity contribution in [3.8, 4) is 5.82 Å². The fourth-order valence-electron chi connectivity index (χ4n) is 1.95. The molecular formula is C11H7BrF7N3. The Kier molecular flexibility index (Phi) is 3.83. The Morgan fingerprint density at radius 3 is 1.95 bits per heavy atom. The van der Waals surface area contributed by atoms with Crippen LogP contribution in [0.25, 0.3) is 5.82 Å². The minimum Gasteiger partial charge on any atom is -0.329 e. The first-order chi connectivity index (χ1) is 9.89. The van der Waals surface area contributed by atoms with Crippen LogP contribution in [0.15, 0.2) is 29.0 Å². The van der Waals surface area contributed by atoms with Crippen LogP contribution in [0.3, 0.4) is 0 Å². The smallest absolute Gasteiger partial charge is 0.329 e. The van der Waals surface area contributed by atoms with Crippen LogP contribution in [0, 0.1) is 0 Å². The van der Waals surface area contributed by atoms with E-state index in [1.165, 1.54) is 12.4 Å². The van der Waals surface area contributed by atoms with Crippen LogP contribution in [0.4, 0.5) is 30.7 Å². The lowest BCUT2D eigenvalue weighted by Crippen LogP contribution is -2.51. The third-order valence-electron chi connectivity index (χ3n) is 3.02. The van der Waals surface area contributed by atoms with Gasteiger partial charge in [-0.05, 0) is 28.1 Å². The fourth-order valence-corrected chi connectivity index (χ4v) is 2.24. The van der Waals surface area contributed by atoms with Crippen LogP contribution in [-0.4, -0.2) is 26.7 Å². The molecule has 0 saturated carbocycles. The summed E-state index contributed by atoms with van der Waals surface area (Å²) in [6.45, 7) is 0. The summed E-state index contributed by atoms with van der Waals surface area (Å²) in [5.41, 5.74) is -7.05. The molecule has 2 aromatic heterocycles. The molecule has 0 bridgehead atoms. The van der Waals surface area contributed by atoms with Crippen LogP contribution in [-0.2, 0) is 12.7 Å². The van der Waals surface area contributed by atoms with Gasteiger partial charge < -0.3 is 4.57 Å². The summed E-state index contributed by atoms with van der Waals surface area (Å²) >= 11 is 3.04. The van der Waals surface area contributed by atoms with E-state index in [-0.39, 0.29) is 5.82 Å². The fraction of sp³-hybridized carbons (Fsp3) is 0.364.